The first-order valence-electron chi connectivity index (χ1n) is 6.08. The Morgan fingerprint density at radius 3 is 2.35 bits per heavy atom. The van der Waals surface area contributed by atoms with E-state index in [1.165, 1.54) is 0 Å². The molecule has 0 aromatic carbocycles. The summed E-state index contributed by atoms with van der Waals surface area (Å²) in [6, 6.07) is 0. The summed E-state index contributed by atoms with van der Waals surface area (Å²) in [5, 5.41) is 3.07. The van der Waals surface area contributed by atoms with Crippen LogP contribution in [0.15, 0.2) is 4.42 Å². The van der Waals surface area contributed by atoms with E-state index in [1.807, 2.05) is 20.8 Å². The number of nitrogens with two attached hydrogens (primary N) is 1. The third-order valence-corrected chi connectivity index (χ3v) is 3.87. The van der Waals surface area contributed by atoms with Crippen LogP contribution in [0.1, 0.15) is 46.7 Å². The molecule has 1 aromatic rings. The van der Waals surface area contributed by atoms with Crippen molar-refractivity contribution in [3.63, 3.8) is 0 Å². The molecular weight excluding hydrogens is 216 g/mol. The summed E-state index contributed by atoms with van der Waals surface area (Å²) in [6.07, 6.45) is 3.09. The molecule has 1 heterocycles. The van der Waals surface area contributed by atoms with Crippen molar-refractivity contribution in [3.8, 4) is 0 Å². The number of furan rings is 1. The Bertz CT molecular complexity index is 439. The lowest BCUT2D eigenvalue weighted by Crippen LogP contribution is -2.58. The topological polar surface area (TPSA) is 68.3 Å². The molecule has 1 aromatic heterocycles. The number of amides is 1. The van der Waals surface area contributed by atoms with Gasteiger partial charge in [0.1, 0.15) is 11.5 Å². The minimum Gasteiger partial charge on any atom is -0.466 e. The second-order valence-corrected chi connectivity index (χ2v) is 5.01. The molecular formula is C13H20N2O2. The minimum absolute atomic E-state index is 0.0537. The molecule has 0 saturated heterocycles. The van der Waals surface area contributed by atoms with Crippen molar-refractivity contribution >= 4 is 5.91 Å². The molecule has 2 rings (SSSR count). The fourth-order valence-electron chi connectivity index (χ4n) is 2.41. The summed E-state index contributed by atoms with van der Waals surface area (Å²) < 4.78 is 5.47. The maximum absolute atomic E-state index is 12.2. The van der Waals surface area contributed by atoms with Gasteiger partial charge in [0.25, 0.3) is 5.91 Å². The van der Waals surface area contributed by atoms with E-state index in [0.29, 0.717) is 17.9 Å². The zero-order valence-electron chi connectivity index (χ0n) is 10.7. The predicted octanol–water partition coefficient (Wildman–Crippen LogP) is 1.82. The largest absolute Gasteiger partial charge is 0.466 e. The van der Waals surface area contributed by atoms with Crippen LogP contribution in [0.2, 0.25) is 0 Å². The van der Waals surface area contributed by atoms with Crippen LogP contribution in [0.25, 0.3) is 0 Å². The molecule has 1 aliphatic rings. The highest BCUT2D eigenvalue weighted by atomic mass is 16.3. The highest BCUT2D eigenvalue weighted by Gasteiger charge is 2.38. The van der Waals surface area contributed by atoms with Gasteiger partial charge in [-0.1, -0.05) is 0 Å². The van der Waals surface area contributed by atoms with Crippen LogP contribution in [0.5, 0.6) is 0 Å². The van der Waals surface area contributed by atoms with Gasteiger partial charge in [-0.25, -0.2) is 0 Å². The highest BCUT2D eigenvalue weighted by Crippen LogP contribution is 2.31. The minimum atomic E-state index is -0.179. The molecule has 1 saturated carbocycles. The van der Waals surface area contributed by atoms with E-state index in [1.54, 1.807) is 0 Å². The van der Waals surface area contributed by atoms with Crippen LogP contribution in [-0.4, -0.2) is 18.0 Å². The normalized spacial score (nSPS) is 17.6. The lowest BCUT2D eigenvalue weighted by molar-refractivity contribution is 0.0835. The molecule has 17 heavy (non-hydrogen) atoms. The Hall–Kier alpha value is -1.29. The van der Waals surface area contributed by atoms with Crippen LogP contribution in [-0.2, 0) is 0 Å². The fourth-order valence-corrected chi connectivity index (χ4v) is 2.41. The number of carbonyl (C=O) groups is 1. The molecule has 0 unspecified atom stereocenters. The molecule has 4 heteroatoms. The van der Waals surface area contributed by atoms with Gasteiger partial charge in [-0.15, -0.1) is 0 Å². The molecule has 3 N–H and O–H groups in total. The first-order chi connectivity index (χ1) is 7.99. The maximum Gasteiger partial charge on any atom is 0.255 e. The SMILES string of the molecule is Cc1oc(C)c(C(=O)NC2(CN)CCC2)c1C. The van der Waals surface area contributed by atoms with Gasteiger partial charge in [-0.3, -0.25) is 4.79 Å². The summed E-state index contributed by atoms with van der Waals surface area (Å²) in [5.41, 5.74) is 7.15. The van der Waals surface area contributed by atoms with Crippen molar-refractivity contribution in [3.05, 3.63) is 22.6 Å². The highest BCUT2D eigenvalue weighted by molar-refractivity contribution is 5.97. The molecule has 0 radical (unpaired) electrons. The third-order valence-electron chi connectivity index (χ3n) is 3.87. The fraction of sp³-hybridized carbons (Fsp3) is 0.615. The van der Waals surface area contributed by atoms with E-state index in [0.717, 1.165) is 30.6 Å². The quantitative estimate of drug-likeness (QED) is 0.841. The molecule has 1 amide bonds. The first kappa shape index (κ1) is 12.2. The smallest absolute Gasteiger partial charge is 0.255 e. The van der Waals surface area contributed by atoms with Crippen LogP contribution in [0, 0.1) is 20.8 Å². The van der Waals surface area contributed by atoms with E-state index >= 15 is 0 Å². The van der Waals surface area contributed by atoms with Crippen LogP contribution in [0.3, 0.4) is 0 Å². The lowest BCUT2D eigenvalue weighted by Gasteiger charge is -2.41. The number of hydrogen-bond acceptors (Lipinski definition) is 3. The molecule has 0 atom stereocenters. The van der Waals surface area contributed by atoms with Crippen LogP contribution in [0.4, 0.5) is 0 Å². The van der Waals surface area contributed by atoms with E-state index in [2.05, 4.69) is 5.32 Å². The molecule has 0 spiro atoms. The summed E-state index contributed by atoms with van der Waals surface area (Å²) in [4.78, 5) is 12.2. The molecule has 0 bridgehead atoms. The van der Waals surface area contributed by atoms with Gasteiger partial charge in [-0.2, -0.15) is 0 Å². The Morgan fingerprint density at radius 1 is 1.35 bits per heavy atom. The number of aryl methyl sites for hydroxylation is 2. The standard InChI is InChI=1S/C13H20N2O2/c1-8-9(2)17-10(3)11(8)12(16)15-13(7-14)5-4-6-13/h4-7,14H2,1-3H3,(H,15,16). The second-order valence-electron chi connectivity index (χ2n) is 5.01. The predicted molar refractivity (Wildman–Crippen MR) is 66.0 cm³/mol. The van der Waals surface area contributed by atoms with Crippen molar-refractivity contribution in [2.75, 3.05) is 6.54 Å². The van der Waals surface area contributed by atoms with E-state index in [-0.39, 0.29) is 11.4 Å². The Balaban J connectivity index is 2.20. The van der Waals surface area contributed by atoms with Gasteiger partial charge in [0.2, 0.25) is 0 Å². The van der Waals surface area contributed by atoms with E-state index in [4.69, 9.17) is 10.2 Å². The number of hydrogen-bond donors (Lipinski definition) is 2. The van der Waals surface area contributed by atoms with Gasteiger partial charge in [0.15, 0.2) is 0 Å². The zero-order chi connectivity index (χ0) is 12.6. The zero-order valence-corrected chi connectivity index (χ0v) is 10.7. The van der Waals surface area contributed by atoms with Crippen LogP contribution < -0.4 is 11.1 Å². The molecule has 94 valence electrons. The number of carbonyl (C=O) groups excluding carboxylic acids is 1. The van der Waals surface area contributed by atoms with Crippen molar-refractivity contribution in [2.24, 2.45) is 5.73 Å². The first-order valence-corrected chi connectivity index (χ1v) is 6.08. The van der Waals surface area contributed by atoms with Crippen molar-refractivity contribution in [1.29, 1.82) is 0 Å². The van der Waals surface area contributed by atoms with Crippen molar-refractivity contribution in [1.82, 2.24) is 5.32 Å². The molecule has 4 nitrogen and oxygen atoms in total. The average molecular weight is 236 g/mol. The molecule has 0 aliphatic heterocycles. The Morgan fingerprint density at radius 2 is 2.00 bits per heavy atom. The molecule has 1 fully saturated rings. The average Bonchev–Trinajstić information content (AvgIpc) is 2.47. The van der Waals surface area contributed by atoms with Crippen LogP contribution >= 0.6 is 0 Å². The second kappa shape index (κ2) is 4.18. The van der Waals surface area contributed by atoms with E-state index in [9.17, 15) is 4.79 Å². The third kappa shape index (κ3) is 1.97. The summed E-state index contributed by atoms with van der Waals surface area (Å²) in [6.45, 7) is 6.12. The molecule has 1 aliphatic carbocycles. The summed E-state index contributed by atoms with van der Waals surface area (Å²) in [5.74, 6) is 1.44. The van der Waals surface area contributed by atoms with Gasteiger partial charge >= 0.3 is 0 Å². The monoisotopic (exact) mass is 236 g/mol. The number of nitrogens with one attached hydrogen (secondary N) is 1. The van der Waals surface area contributed by atoms with Gasteiger partial charge < -0.3 is 15.5 Å². The van der Waals surface area contributed by atoms with Gasteiger partial charge in [-0.05, 0) is 40.0 Å². The van der Waals surface area contributed by atoms with Gasteiger partial charge in [0, 0.05) is 12.1 Å². The van der Waals surface area contributed by atoms with Gasteiger partial charge in [0.05, 0.1) is 11.1 Å². The maximum atomic E-state index is 12.2. The summed E-state index contributed by atoms with van der Waals surface area (Å²) >= 11 is 0. The van der Waals surface area contributed by atoms with Crippen molar-refractivity contribution < 1.29 is 9.21 Å². The van der Waals surface area contributed by atoms with Crippen molar-refractivity contribution in [2.45, 2.75) is 45.6 Å². The Labute approximate surface area is 102 Å². The summed E-state index contributed by atoms with van der Waals surface area (Å²) in [7, 11) is 0. The Kier molecular flexibility index (Phi) is 3.00. The number of rotatable bonds is 3. The lowest BCUT2D eigenvalue weighted by atomic mass is 9.76. The van der Waals surface area contributed by atoms with E-state index < -0.39 is 0 Å².